The van der Waals surface area contributed by atoms with Gasteiger partial charge < -0.3 is 10.6 Å². The molecule has 0 amide bonds. The van der Waals surface area contributed by atoms with Crippen molar-refractivity contribution in [1.82, 2.24) is 9.97 Å². The van der Waals surface area contributed by atoms with Crippen LogP contribution in [-0.2, 0) is 0 Å². The van der Waals surface area contributed by atoms with Gasteiger partial charge in [0.2, 0.25) is 0 Å². The zero-order valence-electron chi connectivity index (χ0n) is 10.9. The van der Waals surface area contributed by atoms with Gasteiger partial charge in [-0.25, -0.2) is 9.97 Å². The number of halogens is 1. The lowest BCUT2D eigenvalue weighted by molar-refractivity contribution is 0.808. The number of nitrogens with zero attached hydrogens (tertiary/aromatic N) is 3. The second kappa shape index (κ2) is 6.50. The Balaban J connectivity index is 2.35. The first kappa shape index (κ1) is 13.8. The molecule has 100 valence electrons. The number of aromatic nitrogens is 2. The lowest BCUT2D eigenvalue weighted by Gasteiger charge is -2.24. The molecule has 0 saturated heterocycles. The minimum atomic E-state index is 0.542. The summed E-state index contributed by atoms with van der Waals surface area (Å²) in [6, 6.07) is 8.26. The van der Waals surface area contributed by atoms with Gasteiger partial charge in [-0.2, -0.15) is 0 Å². The third-order valence-electron chi connectivity index (χ3n) is 2.84. The highest BCUT2D eigenvalue weighted by Crippen LogP contribution is 2.29. The highest BCUT2D eigenvalue weighted by Gasteiger charge is 2.13. The van der Waals surface area contributed by atoms with E-state index in [2.05, 4.69) is 46.1 Å². The van der Waals surface area contributed by atoms with Crippen molar-refractivity contribution < 1.29 is 0 Å². The van der Waals surface area contributed by atoms with Crippen LogP contribution in [0.2, 0.25) is 5.02 Å². The van der Waals surface area contributed by atoms with E-state index in [1.807, 2.05) is 0 Å². The molecule has 0 aliphatic carbocycles. The molecule has 0 unspecified atom stereocenters. The van der Waals surface area contributed by atoms with Crippen LogP contribution in [0, 0.1) is 6.92 Å². The van der Waals surface area contributed by atoms with Crippen LogP contribution in [0.4, 0.5) is 11.5 Å². The van der Waals surface area contributed by atoms with Crippen molar-refractivity contribution >= 4 is 23.1 Å². The third-order valence-corrected chi connectivity index (χ3v) is 3.10. The molecule has 1 aromatic carbocycles. The van der Waals surface area contributed by atoms with Gasteiger partial charge in [0.1, 0.15) is 11.3 Å². The molecular formula is C14H17ClN4. The zero-order chi connectivity index (χ0) is 13.7. The largest absolute Gasteiger partial charge is 0.330 e. The van der Waals surface area contributed by atoms with Crippen LogP contribution in [0.1, 0.15) is 12.0 Å². The first-order valence-electron chi connectivity index (χ1n) is 6.22. The van der Waals surface area contributed by atoms with Gasteiger partial charge in [-0.3, -0.25) is 0 Å². The summed E-state index contributed by atoms with van der Waals surface area (Å²) >= 11 is 6.18. The second-order valence-electron chi connectivity index (χ2n) is 4.32. The molecule has 2 rings (SSSR count). The minimum absolute atomic E-state index is 0.542. The smallest absolute Gasteiger partial charge is 0.155 e. The summed E-state index contributed by atoms with van der Waals surface area (Å²) in [5, 5.41) is 0.542. The fourth-order valence-electron chi connectivity index (χ4n) is 1.84. The van der Waals surface area contributed by atoms with Crippen molar-refractivity contribution in [3.63, 3.8) is 0 Å². The minimum Gasteiger partial charge on any atom is -0.330 e. The molecule has 2 aromatic rings. The highest BCUT2D eigenvalue weighted by molar-refractivity contribution is 6.32. The van der Waals surface area contributed by atoms with E-state index in [9.17, 15) is 0 Å². The van der Waals surface area contributed by atoms with Crippen LogP contribution in [-0.4, -0.2) is 23.1 Å². The molecule has 0 fully saturated rings. The molecule has 2 N–H and O–H groups in total. The van der Waals surface area contributed by atoms with Crippen molar-refractivity contribution in [2.45, 2.75) is 13.3 Å². The number of rotatable bonds is 5. The summed E-state index contributed by atoms with van der Waals surface area (Å²) in [4.78, 5) is 10.3. The Bertz CT molecular complexity index is 527. The van der Waals surface area contributed by atoms with Gasteiger partial charge in [-0.15, -0.1) is 0 Å². The molecule has 1 aromatic heterocycles. The van der Waals surface area contributed by atoms with Gasteiger partial charge in [0.05, 0.1) is 6.20 Å². The first-order valence-corrected chi connectivity index (χ1v) is 6.60. The second-order valence-corrected chi connectivity index (χ2v) is 4.73. The van der Waals surface area contributed by atoms with E-state index >= 15 is 0 Å². The van der Waals surface area contributed by atoms with Crippen LogP contribution in [0.5, 0.6) is 0 Å². The normalized spacial score (nSPS) is 10.5. The molecule has 0 saturated carbocycles. The van der Waals surface area contributed by atoms with Gasteiger partial charge >= 0.3 is 0 Å². The molecular weight excluding hydrogens is 260 g/mol. The fourth-order valence-corrected chi connectivity index (χ4v) is 2.04. The molecule has 0 radical (unpaired) electrons. The Hall–Kier alpha value is -1.65. The van der Waals surface area contributed by atoms with Crippen molar-refractivity contribution in [1.29, 1.82) is 0 Å². The predicted octanol–water partition coefficient (Wildman–Crippen LogP) is 2.93. The standard InChI is InChI=1S/C14H17ClN4/c1-11-3-5-12(6-4-11)19(8-2-7-16)14-13(15)9-17-10-18-14/h3-6,9-10H,2,7-8,16H2,1H3. The number of hydrogen-bond acceptors (Lipinski definition) is 4. The molecule has 1 heterocycles. The summed E-state index contributed by atoms with van der Waals surface area (Å²) in [7, 11) is 0. The van der Waals surface area contributed by atoms with Crippen LogP contribution in [0.3, 0.4) is 0 Å². The molecule has 0 aliphatic rings. The van der Waals surface area contributed by atoms with E-state index in [-0.39, 0.29) is 0 Å². The molecule has 0 aliphatic heterocycles. The SMILES string of the molecule is Cc1ccc(N(CCCN)c2ncncc2Cl)cc1. The van der Waals surface area contributed by atoms with E-state index in [1.54, 1.807) is 6.20 Å². The highest BCUT2D eigenvalue weighted by atomic mass is 35.5. The molecule has 19 heavy (non-hydrogen) atoms. The van der Waals surface area contributed by atoms with E-state index in [0.29, 0.717) is 17.4 Å². The van der Waals surface area contributed by atoms with Gasteiger partial charge in [-0.1, -0.05) is 29.3 Å². The number of nitrogens with two attached hydrogens (primary N) is 1. The van der Waals surface area contributed by atoms with Gasteiger partial charge in [0.25, 0.3) is 0 Å². The number of hydrogen-bond donors (Lipinski definition) is 1. The van der Waals surface area contributed by atoms with Crippen LogP contribution >= 0.6 is 11.6 Å². The lowest BCUT2D eigenvalue weighted by Crippen LogP contribution is -2.22. The molecule has 4 nitrogen and oxygen atoms in total. The predicted molar refractivity (Wildman–Crippen MR) is 78.9 cm³/mol. The van der Waals surface area contributed by atoms with Crippen molar-refractivity contribution in [3.8, 4) is 0 Å². The topological polar surface area (TPSA) is 55.0 Å². The maximum Gasteiger partial charge on any atom is 0.155 e. The van der Waals surface area contributed by atoms with Gasteiger partial charge in [-0.05, 0) is 32.0 Å². The molecule has 0 bridgehead atoms. The Labute approximate surface area is 118 Å². The average Bonchev–Trinajstić information content (AvgIpc) is 2.43. The maximum atomic E-state index is 6.18. The monoisotopic (exact) mass is 276 g/mol. The van der Waals surface area contributed by atoms with Crippen molar-refractivity contribution in [3.05, 3.63) is 47.4 Å². The maximum absolute atomic E-state index is 6.18. The van der Waals surface area contributed by atoms with E-state index < -0.39 is 0 Å². The quantitative estimate of drug-likeness (QED) is 0.912. The number of aryl methyl sites for hydroxylation is 1. The molecule has 0 atom stereocenters. The van der Waals surface area contributed by atoms with E-state index in [1.165, 1.54) is 11.9 Å². The Morgan fingerprint density at radius 2 is 2.00 bits per heavy atom. The Morgan fingerprint density at radius 3 is 2.63 bits per heavy atom. The van der Waals surface area contributed by atoms with Gasteiger partial charge in [0, 0.05) is 12.2 Å². The summed E-state index contributed by atoms with van der Waals surface area (Å²) in [5.74, 6) is 0.717. The van der Waals surface area contributed by atoms with E-state index in [0.717, 1.165) is 18.7 Å². The number of anilines is 2. The first-order chi connectivity index (χ1) is 9.22. The van der Waals surface area contributed by atoms with Crippen LogP contribution in [0.15, 0.2) is 36.8 Å². The summed E-state index contributed by atoms with van der Waals surface area (Å²) in [6.45, 7) is 3.47. The summed E-state index contributed by atoms with van der Waals surface area (Å²) in [6.07, 6.45) is 3.98. The summed E-state index contributed by atoms with van der Waals surface area (Å²) < 4.78 is 0. The van der Waals surface area contributed by atoms with Crippen molar-refractivity contribution in [2.24, 2.45) is 5.73 Å². The zero-order valence-corrected chi connectivity index (χ0v) is 11.6. The van der Waals surface area contributed by atoms with Crippen molar-refractivity contribution in [2.75, 3.05) is 18.0 Å². The number of benzene rings is 1. The Morgan fingerprint density at radius 1 is 1.26 bits per heavy atom. The van der Waals surface area contributed by atoms with Crippen LogP contribution in [0.25, 0.3) is 0 Å². The van der Waals surface area contributed by atoms with E-state index in [4.69, 9.17) is 17.3 Å². The molecule has 5 heteroatoms. The van der Waals surface area contributed by atoms with Gasteiger partial charge in [0.15, 0.2) is 5.82 Å². The Kier molecular flexibility index (Phi) is 4.71. The summed E-state index contributed by atoms with van der Waals surface area (Å²) in [5.41, 5.74) is 7.88. The lowest BCUT2D eigenvalue weighted by atomic mass is 10.2. The molecule has 0 spiro atoms. The average molecular weight is 277 g/mol. The fraction of sp³-hybridized carbons (Fsp3) is 0.286. The third kappa shape index (κ3) is 3.43. The van der Waals surface area contributed by atoms with Crippen LogP contribution < -0.4 is 10.6 Å².